The summed E-state index contributed by atoms with van der Waals surface area (Å²) in [6.45, 7) is 6.46. The number of nitrogens with one attached hydrogen (secondary N) is 1. The van der Waals surface area contributed by atoms with E-state index in [1.807, 2.05) is 18.2 Å². The van der Waals surface area contributed by atoms with Gasteiger partial charge in [-0.25, -0.2) is 0 Å². The minimum absolute atomic E-state index is 0.0735. The first-order valence-electron chi connectivity index (χ1n) is 7.90. The highest BCUT2D eigenvalue weighted by molar-refractivity contribution is 6.31. The fourth-order valence-electron chi connectivity index (χ4n) is 3.48. The van der Waals surface area contributed by atoms with Gasteiger partial charge in [-0.1, -0.05) is 23.7 Å². The Balaban J connectivity index is 2.26. The van der Waals surface area contributed by atoms with Crippen LogP contribution in [0, 0.1) is 0 Å². The Morgan fingerprint density at radius 3 is 2.54 bits per heavy atom. The molecule has 24 heavy (non-hydrogen) atoms. The largest absolute Gasteiger partial charge is 0.496 e. The number of anilines is 1. The molecule has 0 fully saturated rings. The van der Waals surface area contributed by atoms with Crippen LogP contribution in [0.2, 0.25) is 5.02 Å². The minimum Gasteiger partial charge on any atom is -0.496 e. The van der Waals surface area contributed by atoms with Crippen LogP contribution in [0.4, 0.5) is 5.69 Å². The first-order valence-corrected chi connectivity index (χ1v) is 8.81. The molecule has 1 aliphatic rings. The van der Waals surface area contributed by atoms with Gasteiger partial charge in [0.05, 0.1) is 12.6 Å². The Morgan fingerprint density at radius 2 is 1.88 bits per heavy atom. The van der Waals surface area contributed by atoms with Gasteiger partial charge in [0.15, 0.2) is 0 Å². The second-order valence-electron chi connectivity index (χ2n) is 6.67. The summed E-state index contributed by atoms with van der Waals surface area (Å²) in [6.07, 6.45) is 2.24. The Hall–Kier alpha value is -1.64. The van der Waals surface area contributed by atoms with E-state index >= 15 is 0 Å². The molecule has 3 rings (SSSR count). The highest BCUT2D eigenvalue weighted by atomic mass is 35.5. The van der Waals surface area contributed by atoms with Gasteiger partial charge in [-0.2, -0.15) is 0 Å². The Kier molecular flexibility index (Phi) is 4.54. The SMILES string of the molecule is COc1ccc(Cl)cc1-c1ccc2c(c1CCl)C(C)=CC(C)(C)N2. The maximum absolute atomic E-state index is 6.36. The molecular weight excluding hydrogens is 341 g/mol. The molecule has 0 aromatic heterocycles. The molecule has 2 aromatic rings. The van der Waals surface area contributed by atoms with E-state index < -0.39 is 0 Å². The summed E-state index contributed by atoms with van der Waals surface area (Å²) in [5.74, 6) is 1.21. The summed E-state index contributed by atoms with van der Waals surface area (Å²) in [4.78, 5) is 0. The average Bonchev–Trinajstić information content (AvgIpc) is 2.52. The minimum atomic E-state index is -0.0735. The number of rotatable bonds is 3. The Morgan fingerprint density at radius 1 is 1.12 bits per heavy atom. The van der Waals surface area contributed by atoms with Crippen LogP contribution in [0.25, 0.3) is 16.7 Å². The summed E-state index contributed by atoms with van der Waals surface area (Å²) in [5.41, 5.74) is 6.54. The Labute approximate surface area is 153 Å². The summed E-state index contributed by atoms with van der Waals surface area (Å²) in [7, 11) is 1.67. The maximum atomic E-state index is 6.36. The predicted octanol–water partition coefficient (Wildman–Crippen LogP) is 6.36. The molecule has 0 bridgehead atoms. The number of allylic oxidation sites excluding steroid dienone is 1. The van der Waals surface area contributed by atoms with Crippen LogP contribution >= 0.6 is 23.2 Å². The van der Waals surface area contributed by atoms with E-state index in [9.17, 15) is 0 Å². The number of methoxy groups -OCH3 is 1. The second kappa shape index (κ2) is 6.34. The highest BCUT2D eigenvalue weighted by Crippen LogP contribution is 2.43. The lowest BCUT2D eigenvalue weighted by molar-refractivity contribution is 0.416. The number of fused-ring (bicyclic) bond motifs is 1. The number of halogens is 2. The van der Waals surface area contributed by atoms with Gasteiger partial charge in [0.1, 0.15) is 5.75 Å². The molecule has 0 radical (unpaired) electrons. The number of hydrogen-bond donors (Lipinski definition) is 1. The van der Waals surface area contributed by atoms with Gasteiger partial charge < -0.3 is 10.1 Å². The lowest BCUT2D eigenvalue weighted by Gasteiger charge is -2.33. The molecule has 126 valence electrons. The molecular formula is C20H21Cl2NO. The van der Waals surface area contributed by atoms with Crippen molar-refractivity contribution < 1.29 is 4.74 Å². The van der Waals surface area contributed by atoms with Gasteiger partial charge in [0, 0.05) is 27.7 Å². The van der Waals surface area contributed by atoms with E-state index in [2.05, 4.69) is 44.3 Å². The van der Waals surface area contributed by atoms with E-state index in [-0.39, 0.29) is 5.54 Å². The summed E-state index contributed by atoms with van der Waals surface area (Å²) < 4.78 is 5.53. The maximum Gasteiger partial charge on any atom is 0.126 e. The third-order valence-electron chi connectivity index (χ3n) is 4.33. The normalized spacial score (nSPS) is 15.3. The number of benzene rings is 2. The quantitative estimate of drug-likeness (QED) is 0.641. The first kappa shape index (κ1) is 17.2. The van der Waals surface area contributed by atoms with E-state index in [1.165, 1.54) is 11.1 Å². The van der Waals surface area contributed by atoms with Crippen molar-refractivity contribution in [3.63, 3.8) is 0 Å². The Bertz CT molecular complexity index is 825. The van der Waals surface area contributed by atoms with E-state index in [0.29, 0.717) is 10.9 Å². The van der Waals surface area contributed by atoms with Crippen LogP contribution in [0.5, 0.6) is 5.75 Å². The van der Waals surface area contributed by atoms with Gasteiger partial charge in [-0.05, 0) is 61.7 Å². The predicted molar refractivity (Wildman–Crippen MR) is 104 cm³/mol. The van der Waals surface area contributed by atoms with E-state index in [1.54, 1.807) is 7.11 Å². The summed E-state index contributed by atoms with van der Waals surface area (Å²) >= 11 is 12.6. The van der Waals surface area contributed by atoms with Crippen molar-refractivity contribution in [2.24, 2.45) is 0 Å². The third-order valence-corrected chi connectivity index (χ3v) is 4.83. The monoisotopic (exact) mass is 361 g/mol. The number of ether oxygens (including phenoxy) is 1. The van der Waals surface area contributed by atoms with Crippen LogP contribution < -0.4 is 10.1 Å². The lowest BCUT2D eigenvalue weighted by Crippen LogP contribution is -2.31. The zero-order valence-electron chi connectivity index (χ0n) is 14.3. The van der Waals surface area contributed by atoms with Crippen LogP contribution in [-0.2, 0) is 5.88 Å². The van der Waals surface area contributed by atoms with E-state index in [4.69, 9.17) is 27.9 Å². The fraction of sp³-hybridized carbons (Fsp3) is 0.300. The summed E-state index contributed by atoms with van der Waals surface area (Å²) in [6, 6.07) is 9.85. The molecule has 2 aromatic carbocycles. The number of hydrogen-bond acceptors (Lipinski definition) is 2. The van der Waals surface area contributed by atoms with Crippen LogP contribution in [0.15, 0.2) is 36.4 Å². The van der Waals surface area contributed by atoms with Crippen molar-refractivity contribution in [3.05, 3.63) is 52.6 Å². The van der Waals surface area contributed by atoms with Gasteiger partial charge in [-0.3, -0.25) is 0 Å². The van der Waals surface area contributed by atoms with Crippen LogP contribution in [0.3, 0.4) is 0 Å². The van der Waals surface area contributed by atoms with Crippen molar-refractivity contribution >= 4 is 34.5 Å². The molecule has 0 aliphatic carbocycles. The van der Waals surface area contributed by atoms with Gasteiger partial charge in [-0.15, -0.1) is 11.6 Å². The molecule has 0 spiro atoms. The zero-order valence-corrected chi connectivity index (χ0v) is 15.8. The van der Waals surface area contributed by atoms with Gasteiger partial charge >= 0.3 is 0 Å². The molecule has 1 aliphatic heterocycles. The van der Waals surface area contributed by atoms with Gasteiger partial charge in [0.25, 0.3) is 0 Å². The lowest BCUT2D eigenvalue weighted by atomic mass is 9.85. The molecule has 1 N–H and O–H groups in total. The topological polar surface area (TPSA) is 21.3 Å². The van der Waals surface area contributed by atoms with Gasteiger partial charge in [0.2, 0.25) is 0 Å². The molecule has 2 nitrogen and oxygen atoms in total. The van der Waals surface area contributed by atoms with Crippen molar-refractivity contribution in [3.8, 4) is 16.9 Å². The average molecular weight is 362 g/mol. The molecule has 4 heteroatoms. The number of alkyl halides is 1. The molecule has 1 heterocycles. The fourth-order valence-corrected chi connectivity index (χ4v) is 3.93. The zero-order chi connectivity index (χ0) is 17.5. The van der Waals surface area contributed by atoms with Crippen LogP contribution in [-0.4, -0.2) is 12.6 Å². The van der Waals surface area contributed by atoms with E-state index in [0.717, 1.165) is 28.1 Å². The van der Waals surface area contributed by atoms with Crippen molar-refractivity contribution in [2.75, 3.05) is 12.4 Å². The summed E-state index contributed by atoms with van der Waals surface area (Å²) in [5, 5.41) is 4.24. The third kappa shape index (κ3) is 3.01. The molecule has 0 saturated carbocycles. The first-order chi connectivity index (χ1) is 11.4. The second-order valence-corrected chi connectivity index (χ2v) is 7.37. The van der Waals surface area contributed by atoms with Crippen molar-refractivity contribution in [1.82, 2.24) is 0 Å². The standard InChI is InChI=1S/C20H21Cl2NO/c1-12-10-20(2,3)23-17-7-6-14(16(11-21)19(12)17)15-9-13(22)5-8-18(15)24-4/h5-10,23H,11H2,1-4H3. The van der Waals surface area contributed by atoms with Crippen molar-refractivity contribution in [1.29, 1.82) is 0 Å². The van der Waals surface area contributed by atoms with Crippen LogP contribution in [0.1, 0.15) is 31.9 Å². The highest BCUT2D eigenvalue weighted by Gasteiger charge is 2.26. The molecule has 0 unspecified atom stereocenters. The smallest absolute Gasteiger partial charge is 0.126 e. The molecule has 0 saturated heterocycles. The van der Waals surface area contributed by atoms with Crippen molar-refractivity contribution in [2.45, 2.75) is 32.2 Å². The molecule has 0 atom stereocenters. The molecule has 0 amide bonds.